The Labute approximate surface area is 416 Å². The van der Waals surface area contributed by atoms with Gasteiger partial charge in [-0.3, -0.25) is 0 Å². The Kier molecular flexibility index (Phi) is 15.8. The predicted octanol–water partition coefficient (Wildman–Crippen LogP) is 19.6. The number of allylic oxidation sites excluding steroid dienone is 6. The average molecular weight is 915 g/mol. The maximum Gasteiger partial charge on any atom is 0.0541 e. The van der Waals surface area contributed by atoms with Crippen molar-refractivity contribution in [3.8, 4) is 22.5 Å². The van der Waals surface area contributed by atoms with E-state index in [9.17, 15) is 0 Å². The van der Waals surface area contributed by atoms with Gasteiger partial charge >= 0.3 is 0 Å². The monoisotopic (exact) mass is 915 g/mol. The van der Waals surface area contributed by atoms with Gasteiger partial charge in [0, 0.05) is 67.1 Å². The van der Waals surface area contributed by atoms with Gasteiger partial charge in [0.1, 0.15) is 0 Å². The Morgan fingerprint density at radius 1 is 0.371 bits per heavy atom. The van der Waals surface area contributed by atoms with Crippen LogP contribution in [-0.2, 0) is 0 Å². The summed E-state index contributed by atoms with van der Waals surface area (Å²) in [6.45, 7) is 16.6. The quantitative estimate of drug-likeness (QED) is 0.107. The Balaban J connectivity index is 0.00000161. The highest BCUT2D eigenvalue weighted by Gasteiger charge is 2.22. The molecule has 4 nitrogen and oxygen atoms in total. The van der Waals surface area contributed by atoms with Crippen molar-refractivity contribution < 1.29 is 0 Å². The molecular formula is C66H66N4. The number of hydrogen-bond donors (Lipinski definition) is 0. The van der Waals surface area contributed by atoms with Crippen LogP contribution in [0.15, 0.2) is 242 Å². The van der Waals surface area contributed by atoms with E-state index >= 15 is 0 Å². The van der Waals surface area contributed by atoms with Crippen LogP contribution < -0.4 is 9.80 Å². The van der Waals surface area contributed by atoms with Crippen LogP contribution in [0.3, 0.4) is 0 Å². The molecule has 0 bridgehead atoms. The van der Waals surface area contributed by atoms with Gasteiger partial charge in [0.15, 0.2) is 0 Å². The Morgan fingerprint density at radius 2 is 0.686 bits per heavy atom. The van der Waals surface area contributed by atoms with Gasteiger partial charge in [-0.1, -0.05) is 175 Å². The van der Waals surface area contributed by atoms with Gasteiger partial charge < -0.3 is 18.9 Å². The summed E-state index contributed by atoms with van der Waals surface area (Å²) in [5.41, 5.74) is 15.6. The van der Waals surface area contributed by atoms with Crippen molar-refractivity contribution in [2.24, 2.45) is 0 Å². The third-order valence-corrected chi connectivity index (χ3v) is 12.4. The third kappa shape index (κ3) is 9.51. The largest absolute Gasteiger partial charge is 0.311 e. The Bertz CT molecular complexity index is 3140. The van der Waals surface area contributed by atoms with E-state index in [1.165, 1.54) is 43.6 Å². The minimum atomic E-state index is 0.888. The number of fused-ring (bicyclic) bond motifs is 6. The lowest BCUT2D eigenvalue weighted by molar-refractivity contribution is 1.12. The van der Waals surface area contributed by atoms with Gasteiger partial charge in [0.05, 0.1) is 22.1 Å². The van der Waals surface area contributed by atoms with E-state index < -0.39 is 0 Å². The molecule has 0 saturated carbocycles. The second-order valence-corrected chi connectivity index (χ2v) is 16.6. The van der Waals surface area contributed by atoms with Crippen LogP contribution in [0.4, 0.5) is 22.7 Å². The molecule has 2 heterocycles. The van der Waals surface area contributed by atoms with Gasteiger partial charge in [0.2, 0.25) is 0 Å². The molecule has 350 valence electrons. The molecular weight excluding hydrogens is 849 g/mol. The zero-order chi connectivity index (χ0) is 49.0. The molecule has 10 rings (SSSR count). The fourth-order valence-corrected chi connectivity index (χ4v) is 9.72. The Hall–Kier alpha value is -8.08. The third-order valence-electron chi connectivity index (χ3n) is 12.4. The summed E-state index contributed by atoms with van der Waals surface area (Å²) in [5, 5.41) is 4.93. The maximum atomic E-state index is 2.45. The summed E-state index contributed by atoms with van der Waals surface area (Å²) in [6.07, 6.45) is 15.1. The summed E-state index contributed by atoms with van der Waals surface area (Å²) in [5.74, 6) is 0. The minimum absolute atomic E-state index is 0.888. The molecule has 0 aliphatic rings. The molecule has 0 spiro atoms. The topological polar surface area (TPSA) is 16.3 Å². The van der Waals surface area contributed by atoms with E-state index in [4.69, 9.17) is 0 Å². The van der Waals surface area contributed by atoms with Crippen LogP contribution in [0.2, 0.25) is 0 Å². The molecule has 10 aromatic rings. The van der Waals surface area contributed by atoms with Crippen molar-refractivity contribution in [1.29, 1.82) is 0 Å². The molecule has 2 aromatic heterocycles. The van der Waals surface area contributed by atoms with E-state index in [0.717, 1.165) is 69.5 Å². The van der Waals surface area contributed by atoms with Crippen LogP contribution in [0.1, 0.15) is 68.2 Å². The van der Waals surface area contributed by atoms with Crippen molar-refractivity contribution in [3.05, 3.63) is 242 Å². The zero-order valence-corrected chi connectivity index (χ0v) is 42.1. The molecule has 0 N–H and O–H groups in total. The second kappa shape index (κ2) is 22.8. The summed E-state index contributed by atoms with van der Waals surface area (Å²) in [4.78, 5) is 4.81. The fourth-order valence-electron chi connectivity index (χ4n) is 9.72. The molecule has 0 aliphatic carbocycles. The first-order valence-electron chi connectivity index (χ1n) is 25.2. The van der Waals surface area contributed by atoms with E-state index in [0.29, 0.717) is 0 Å². The van der Waals surface area contributed by atoms with Crippen LogP contribution in [-0.4, -0.2) is 9.13 Å². The van der Waals surface area contributed by atoms with Gasteiger partial charge in [0.25, 0.3) is 0 Å². The van der Waals surface area contributed by atoms with E-state index in [-0.39, 0.29) is 0 Å². The van der Waals surface area contributed by atoms with Gasteiger partial charge in [-0.25, -0.2) is 0 Å². The number of benzene rings is 8. The molecule has 0 amide bonds. The zero-order valence-electron chi connectivity index (χ0n) is 42.1. The SMILES string of the molecule is C/C=C\C(=C/CC)N(c1ccccc1)c1cc(-c2cc(-n3c4ccccc4c4ccccc43)cc(-n3c4ccccc4c4ccccc43)c2)cc(N(C(/C=C\C)=C/CC)c2ccccc2)c1.CC.CC. The molecule has 0 aliphatic heterocycles. The summed E-state index contributed by atoms with van der Waals surface area (Å²) >= 11 is 0. The van der Waals surface area contributed by atoms with Crippen molar-refractivity contribution in [2.75, 3.05) is 9.80 Å². The van der Waals surface area contributed by atoms with Crippen LogP contribution in [0, 0.1) is 0 Å². The number of nitrogens with zero attached hydrogens (tertiary/aromatic N) is 4. The summed E-state index contributed by atoms with van der Waals surface area (Å²) in [7, 11) is 0. The average Bonchev–Trinajstić information content (AvgIpc) is 3.94. The van der Waals surface area contributed by atoms with Crippen LogP contribution in [0.25, 0.3) is 66.1 Å². The van der Waals surface area contributed by atoms with Crippen molar-refractivity contribution in [2.45, 2.75) is 68.2 Å². The number of para-hydroxylation sites is 6. The maximum absolute atomic E-state index is 2.45. The first-order chi connectivity index (χ1) is 34.6. The number of aromatic nitrogens is 2. The van der Waals surface area contributed by atoms with E-state index in [2.05, 4.69) is 277 Å². The lowest BCUT2D eigenvalue weighted by atomic mass is 10.00. The second-order valence-electron chi connectivity index (χ2n) is 16.6. The molecule has 70 heavy (non-hydrogen) atoms. The van der Waals surface area contributed by atoms with Gasteiger partial charge in [-0.15, -0.1) is 0 Å². The van der Waals surface area contributed by atoms with Crippen molar-refractivity contribution in [1.82, 2.24) is 9.13 Å². The molecule has 0 radical (unpaired) electrons. The van der Waals surface area contributed by atoms with Gasteiger partial charge in [-0.05, 0) is 135 Å². The molecule has 0 fully saturated rings. The molecule has 8 aromatic carbocycles. The van der Waals surface area contributed by atoms with Crippen molar-refractivity contribution in [3.63, 3.8) is 0 Å². The fraction of sp³-hybridized carbons (Fsp3) is 0.152. The van der Waals surface area contributed by atoms with E-state index in [1.807, 2.05) is 27.7 Å². The molecule has 4 heteroatoms. The van der Waals surface area contributed by atoms with Crippen LogP contribution in [0.5, 0.6) is 0 Å². The summed E-state index contributed by atoms with van der Waals surface area (Å²) < 4.78 is 4.90. The first kappa shape index (κ1) is 48.4. The lowest BCUT2D eigenvalue weighted by Gasteiger charge is -2.31. The number of hydrogen-bond acceptors (Lipinski definition) is 2. The highest BCUT2D eigenvalue weighted by molar-refractivity contribution is 6.11. The van der Waals surface area contributed by atoms with Gasteiger partial charge in [-0.2, -0.15) is 0 Å². The highest BCUT2D eigenvalue weighted by Crippen LogP contribution is 2.43. The number of rotatable bonds is 13. The smallest absolute Gasteiger partial charge is 0.0541 e. The number of anilines is 4. The predicted molar refractivity (Wildman–Crippen MR) is 307 cm³/mol. The molecule has 0 saturated heterocycles. The summed E-state index contributed by atoms with van der Waals surface area (Å²) in [6, 6.07) is 71.0. The Morgan fingerprint density at radius 3 is 1.01 bits per heavy atom. The van der Waals surface area contributed by atoms with Crippen LogP contribution >= 0.6 is 0 Å². The lowest BCUT2D eigenvalue weighted by Crippen LogP contribution is -2.18. The van der Waals surface area contributed by atoms with E-state index in [1.54, 1.807) is 0 Å². The minimum Gasteiger partial charge on any atom is -0.311 e. The normalized spacial score (nSPS) is 11.9. The molecule has 0 unspecified atom stereocenters. The highest BCUT2D eigenvalue weighted by atomic mass is 15.2. The van der Waals surface area contributed by atoms with Crippen molar-refractivity contribution >= 4 is 66.4 Å². The standard InChI is InChI=1S/C62H54N4.2C2H6/c1-5-23-47(24-6-2)63(49-27-11-9-12-28-49)51-39-45(40-52(43-51)64(48(25-7-3)26-8-4)50-29-13-10-14-30-50)46-41-53(65-59-35-19-15-31-55(59)56-32-16-20-36-60(56)65)44-54(42-46)66-61-37-21-17-33-57(61)58-34-18-22-38-62(58)66;2*1-2/h5,7,9-44H,6,8H2,1-4H3;2*1-2H3/b23-5-,25-7-,47-24+,48-26+;;. The molecule has 0 atom stereocenters. The first-order valence-corrected chi connectivity index (χ1v) is 25.2.